The Morgan fingerprint density at radius 3 is 2.19 bits per heavy atom. The van der Waals surface area contributed by atoms with Crippen molar-refractivity contribution in [1.29, 1.82) is 0 Å². The summed E-state index contributed by atoms with van der Waals surface area (Å²) in [6.45, 7) is 3.88. The summed E-state index contributed by atoms with van der Waals surface area (Å²) < 4.78 is 0. The summed E-state index contributed by atoms with van der Waals surface area (Å²) in [4.78, 5) is 0. The first kappa shape index (κ1) is 15.8. The summed E-state index contributed by atoms with van der Waals surface area (Å²) in [5.41, 5.74) is 1.07. The van der Waals surface area contributed by atoms with Gasteiger partial charge in [0, 0.05) is 0 Å². The van der Waals surface area contributed by atoms with E-state index >= 15 is 0 Å². The molecule has 0 amide bonds. The fourth-order valence-corrected chi connectivity index (χ4v) is 2.70. The lowest BCUT2D eigenvalue weighted by Crippen LogP contribution is -2.21. The molecule has 1 radical (unpaired) electrons. The first-order valence-electron chi connectivity index (χ1n) is 8.02. The molecular weight excluding hydrogens is 260 g/mol. The lowest BCUT2D eigenvalue weighted by atomic mass is 9.96. The van der Waals surface area contributed by atoms with E-state index < -0.39 is 0 Å². The molecule has 0 saturated heterocycles. The zero-order valence-corrected chi connectivity index (χ0v) is 12.7. The molecular formula is C17H25N4. The summed E-state index contributed by atoms with van der Waals surface area (Å²) >= 11 is 0. The maximum Gasteiger partial charge on any atom is 0.195 e. The standard InChI is InChI=1S/C17H25N4/c1-2-3-14-17(18-20-21-19-17)15-10-5-4-7-11-16-12-8-6-9-13-16/h6,8-9,12-13H,1-5,7,10-11,14-15H2. The zero-order chi connectivity index (χ0) is 14.8. The van der Waals surface area contributed by atoms with Gasteiger partial charge in [-0.25, -0.2) is 0 Å². The molecule has 0 saturated carbocycles. The van der Waals surface area contributed by atoms with E-state index in [4.69, 9.17) is 0 Å². The van der Waals surface area contributed by atoms with E-state index in [2.05, 4.69) is 57.9 Å². The molecule has 0 unspecified atom stereocenters. The van der Waals surface area contributed by atoms with Crippen molar-refractivity contribution in [1.82, 2.24) is 0 Å². The van der Waals surface area contributed by atoms with Crippen LogP contribution in [0.25, 0.3) is 0 Å². The van der Waals surface area contributed by atoms with Gasteiger partial charge in [0.25, 0.3) is 0 Å². The molecule has 1 heterocycles. The van der Waals surface area contributed by atoms with Crippen LogP contribution in [-0.4, -0.2) is 5.66 Å². The molecule has 1 aliphatic rings. The van der Waals surface area contributed by atoms with E-state index in [0.717, 1.165) is 32.1 Å². The molecule has 113 valence electrons. The fraction of sp³-hybridized carbons (Fsp3) is 0.588. The number of nitrogens with zero attached hydrogens (tertiary/aromatic N) is 4. The summed E-state index contributed by atoms with van der Waals surface area (Å²) in [7, 11) is 0. The maximum atomic E-state index is 4.23. The van der Waals surface area contributed by atoms with Gasteiger partial charge in [0.1, 0.15) is 0 Å². The van der Waals surface area contributed by atoms with E-state index in [1.807, 2.05) is 0 Å². The monoisotopic (exact) mass is 285 g/mol. The molecule has 4 heteroatoms. The second-order valence-corrected chi connectivity index (χ2v) is 5.72. The molecule has 0 N–H and O–H groups in total. The van der Waals surface area contributed by atoms with Crippen LogP contribution in [0.15, 0.2) is 51.0 Å². The van der Waals surface area contributed by atoms with Crippen molar-refractivity contribution in [3.05, 3.63) is 42.8 Å². The van der Waals surface area contributed by atoms with Gasteiger partial charge in [-0.15, -0.1) is 10.2 Å². The third-order valence-electron chi connectivity index (χ3n) is 3.96. The van der Waals surface area contributed by atoms with Gasteiger partial charge in [0.2, 0.25) is 0 Å². The third kappa shape index (κ3) is 5.37. The topological polar surface area (TPSA) is 49.4 Å². The van der Waals surface area contributed by atoms with E-state index in [9.17, 15) is 0 Å². The molecule has 1 aromatic rings. The zero-order valence-electron chi connectivity index (χ0n) is 12.7. The van der Waals surface area contributed by atoms with Crippen LogP contribution in [0.4, 0.5) is 0 Å². The first-order chi connectivity index (χ1) is 10.3. The predicted octanol–water partition coefficient (Wildman–Crippen LogP) is 5.71. The second kappa shape index (κ2) is 8.65. The summed E-state index contributed by atoms with van der Waals surface area (Å²) in [5.74, 6) is 0. The van der Waals surface area contributed by atoms with Gasteiger partial charge in [0.05, 0.1) is 0 Å². The molecule has 0 spiro atoms. The minimum atomic E-state index is -0.364. The van der Waals surface area contributed by atoms with Crippen LogP contribution in [-0.2, 0) is 6.42 Å². The Morgan fingerprint density at radius 1 is 0.810 bits per heavy atom. The molecule has 2 rings (SSSR count). The highest BCUT2D eigenvalue weighted by molar-refractivity contribution is 5.14. The summed E-state index contributed by atoms with van der Waals surface area (Å²) in [6.07, 6.45) is 9.89. The molecule has 1 aromatic carbocycles. The maximum absolute atomic E-state index is 4.23. The van der Waals surface area contributed by atoms with Crippen molar-refractivity contribution >= 4 is 0 Å². The Labute approximate surface area is 127 Å². The average Bonchev–Trinajstić information content (AvgIpc) is 2.99. The molecule has 0 bridgehead atoms. The number of hydrogen-bond donors (Lipinski definition) is 0. The van der Waals surface area contributed by atoms with Crippen LogP contribution in [0.2, 0.25) is 0 Å². The van der Waals surface area contributed by atoms with Crippen LogP contribution in [0, 0.1) is 6.92 Å². The molecule has 0 aliphatic carbocycles. The summed E-state index contributed by atoms with van der Waals surface area (Å²) in [5, 5.41) is 15.9. The van der Waals surface area contributed by atoms with Crippen molar-refractivity contribution < 1.29 is 0 Å². The Morgan fingerprint density at radius 2 is 1.48 bits per heavy atom. The van der Waals surface area contributed by atoms with Gasteiger partial charge in [-0.05, 0) is 54.5 Å². The van der Waals surface area contributed by atoms with Gasteiger partial charge in [0.15, 0.2) is 5.66 Å². The Balaban J connectivity index is 1.60. The minimum Gasteiger partial charge on any atom is -0.135 e. The normalized spacial score (nSPS) is 15.7. The second-order valence-electron chi connectivity index (χ2n) is 5.72. The van der Waals surface area contributed by atoms with Gasteiger partial charge in [-0.3, -0.25) is 0 Å². The lowest BCUT2D eigenvalue weighted by molar-refractivity contribution is 0.353. The minimum absolute atomic E-state index is 0.364. The van der Waals surface area contributed by atoms with Crippen LogP contribution in [0.5, 0.6) is 0 Å². The molecule has 1 aliphatic heterocycles. The third-order valence-corrected chi connectivity index (χ3v) is 3.96. The van der Waals surface area contributed by atoms with Gasteiger partial charge in [-0.2, -0.15) is 0 Å². The van der Waals surface area contributed by atoms with Crippen molar-refractivity contribution in [2.75, 3.05) is 0 Å². The van der Waals surface area contributed by atoms with Crippen molar-refractivity contribution in [3.63, 3.8) is 0 Å². The quantitative estimate of drug-likeness (QED) is 0.494. The Bertz CT molecular complexity index is 441. The largest absolute Gasteiger partial charge is 0.195 e. The number of aryl methyl sites for hydroxylation is 1. The molecule has 0 fully saturated rings. The molecule has 21 heavy (non-hydrogen) atoms. The number of benzene rings is 1. The molecule has 0 atom stereocenters. The van der Waals surface area contributed by atoms with Crippen LogP contribution in [0.1, 0.15) is 56.9 Å². The van der Waals surface area contributed by atoms with Crippen molar-refractivity contribution in [2.24, 2.45) is 20.7 Å². The van der Waals surface area contributed by atoms with E-state index in [-0.39, 0.29) is 5.66 Å². The first-order valence-corrected chi connectivity index (χ1v) is 8.02. The highest BCUT2D eigenvalue weighted by Crippen LogP contribution is 2.32. The number of hydrogen-bond acceptors (Lipinski definition) is 4. The van der Waals surface area contributed by atoms with Crippen LogP contribution in [0.3, 0.4) is 0 Å². The lowest BCUT2D eigenvalue weighted by Gasteiger charge is -2.18. The van der Waals surface area contributed by atoms with Crippen LogP contribution < -0.4 is 0 Å². The van der Waals surface area contributed by atoms with E-state index in [0.29, 0.717) is 0 Å². The van der Waals surface area contributed by atoms with Crippen molar-refractivity contribution in [2.45, 2.75) is 63.5 Å². The number of rotatable bonds is 10. The SMILES string of the molecule is [CH2]CCCC1(CCCCCCc2ccccc2)N=NN=N1. The van der Waals surface area contributed by atoms with Crippen LogP contribution >= 0.6 is 0 Å². The smallest absolute Gasteiger partial charge is 0.135 e. The fourth-order valence-electron chi connectivity index (χ4n) is 2.70. The van der Waals surface area contributed by atoms with Gasteiger partial charge in [-0.1, -0.05) is 56.5 Å². The average molecular weight is 285 g/mol. The molecule has 0 aromatic heterocycles. The van der Waals surface area contributed by atoms with Crippen molar-refractivity contribution in [3.8, 4) is 0 Å². The molecule has 4 nitrogen and oxygen atoms in total. The van der Waals surface area contributed by atoms with E-state index in [1.165, 1.54) is 31.2 Å². The predicted molar refractivity (Wildman–Crippen MR) is 84.9 cm³/mol. The highest BCUT2D eigenvalue weighted by atomic mass is 15.6. The Kier molecular flexibility index (Phi) is 6.51. The highest BCUT2D eigenvalue weighted by Gasteiger charge is 2.31. The Hall–Kier alpha value is -1.58. The number of unbranched alkanes of at least 4 members (excludes halogenated alkanes) is 4. The van der Waals surface area contributed by atoms with Gasteiger partial charge >= 0.3 is 0 Å². The summed E-state index contributed by atoms with van der Waals surface area (Å²) in [6, 6.07) is 10.7. The van der Waals surface area contributed by atoms with Gasteiger partial charge < -0.3 is 0 Å². The van der Waals surface area contributed by atoms with E-state index in [1.54, 1.807) is 0 Å².